The summed E-state index contributed by atoms with van der Waals surface area (Å²) in [6, 6.07) is 13.7. The van der Waals surface area contributed by atoms with Crippen LogP contribution < -0.4 is 5.73 Å². The van der Waals surface area contributed by atoms with Crippen molar-refractivity contribution in [3.05, 3.63) is 65.4 Å². The van der Waals surface area contributed by atoms with Crippen LogP contribution in [0.2, 0.25) is 5.02 Å². The van der Waals surface area contributed by atoms with E-state index >= 15 is 0 Å². The third-order valence-corrected chi connectivity index (χ3v) is 8.62. The topological polar surface area (TPSA) is 97.9 Å². The van der Waals surface area contributed by atoms with Crippen LogP contribution in [-0.4, -0.2) is 66.5 Å². The fraction of sp³-hybridized carbons (Fsp3) is 0.484. The molecule has 208 valence electrons. The van der Waals surface area contributed by atoms with Crippen molar-refractivity contribution in [1.29, 1.82) is 0 Å². The van der Waals surface area contributed by atoms with Crippen molar-refractivity contribution >= 4 is 28.3 Å². The number of benzene rings is 2. The highest BCUT2D eigenvalue weighted by atomic mass is 35.5. The summed E-state index contributed by atoms with van der Waals surface area (Å²) < 4.78 is 11.6. The van der Waals surface area contributed by atoms with E-state index < -0.39 is 11.7 Å². The maximum atomic E-state index is 13.4. The molecule has 1 unspecified atom stereocenters. The Balaban J connectivity index is 1.55. The highest BCUT2D eigenvalue weighted by molar-refractivity contribution is 6.34. The van der Waals surface area contributed by atoms with Gasteiger partial charge in [0.15, 0.2) is 0 Å². The number of ether oxygens (including phenoxy) is 2. The predicted octanol–water partition coefficient (Wildman–Crippen LogP) is 4.91. The molecule has 7 nitrogen and oxygen atoms in total. The van der Waals surface area contributed by atoms with Crippen molar-refractivity contribution in [1.82, 2.24) is 9.88 Å². The van der Waals surface area contributed by atoms with Gasteiger partial charge in [0.2, 0.25) is 5.91 Å². The SMILES string of the molecule is COCCCC[C@@](O)(c1cccc(Cl)c1-c1cncc2ccccc12)C1CN(C(=O)[C@@H]2CC[C@H](N)C2)CCO1. The third-order valence-electron chi connectivity index (χ3n) is 8.31. The number of amides is 1. The summed E-state index contributed by atoms with van der Waals surface area (Å²) in [5.74, 6) is 0.0552. The lowest BCUT2D eigenvalue weighted by Crippen LogP contribution is -2.55. The van der Waals surface area contributed by atoms with Gasteiger partial charge in [-0.2, -0.15) is 0 Å². The molecule has 1 amide bonds. The van der Waals surface area contributed by atoms with Crippen molar-refractivity contribution in [2.75, 3.05) is 33.4 Å². The number of fused-ring (bicyclic) bond motifs is 1. The van der Waals surface area contributed by atoms with Crippen molar-refractivity contribution in [3.8, 4) is 11.1 Å². The molecule has 1 saturated heterocycles. The zero-order valence-corrected chi connectivity index (χ0v) is 23.3. The molecule has 2 fully saturated rings. The van der Waals surface area contributed by atoms with Gasteiger partial charge in [0.25, 0.3) is 0 Å². The Morgan fingerprint density at radius 2 is 2.05 bits per heavy atom. The molecule has 0 radical (unpaired) electrons. The number of aromatic nitrogens is 1. The summed E-state index contributed by atoms with van der Waals surface area (Å²) in [5, 5.41) is 15.2. The number of morpholine rings is 1. The van der Waals surface area contributed by atoms with E-state index in [-0.39, 0.29) is 17.9 Å². The first-order chi connectivity index (χ1) is 18.9. The molecule has 3 N–H and O–H groups in total. The van der Waals surface area contributed by atoms with Gasteiger partial charge < -0.3 is 25.2 Å². The zero-order chi connectivity index (χ0) is 27.4. The average molecular weight is 552 g/mol. The lowest BCUT2D eigenvalue weighted by Gasteiger charge is -2.44. The number of methoxy groups -OCH3 is 1. The Kier molecular flexibility index (Phi) is 8.84. The molecular weight excluding hydrogens is 514 g/mol. The number of halogens is 1. The van der Waals surface area contributed by atoms with Crippen molar-refractivity contribution < 1.29 is 19.4 Å². The van der Waals surface area contributed by atoms with Crippen LogP contribution in [0.4, 0.5) is 0 Å². The minimum atomic E-state index is -1.39. The molecule has 5 rings (SSSR count). The van der Waals surface area contributed by atoms with E-state index in [1.165, 1.54) is 0 Å². The fourth-order valence-corrected chi connectivity index (χ4v) is 6.50. The number of carbonyl (C=O) groups excluding carboxylic acids is 1. The second-order valence-electron chi connectivity index (χ2n) is 10.9. The predicted molar refractivity (Wildman–Crippen MR) is 153 cm³/mol. The minimum absolute atomic E-state index is 0.0583. The first kappa shape index (κ1) is 28.0. The van der Waals surface area contributed by atoms with Crippen LogP contribution in [-0.2, 0) is 19.9 Å². The minimum Gasteiger partial charge on any atom is -0.385 e. The summed E-state index contributed by atoms with van der Waals surface area (Å²) in [4.78, 5) is 19.8. The van der Waals surface area contributed by atoms with E-state index in [9.17, 15) is 9.90 Å². The number of carbonyl (C=O) groups is 1. The van der Waals surface area contributed by atoms with Gasteiger partial charge in [0.05, 0.1) is 13.2 Å². The Hall–Kier alpha value is -2.55. The maximum Gasteiger partial charge on any atom is 0.225 e. The fourth-order valence-electron chi connectivity index (χ4n) is 6.22. The Bertz CT molecular complexity index is 1300. The monoisotopic (exact) mass is 551 g/mol. The first-order valence-corrected chi connectivity index (χ1v) is 14.3. The van der Waals surface area contributed by atoms with Crippen molar-refractivity contribution in [2.24, 2.45) is 11.7 Å². The van der Waals surface area contributed by atoms with Gasteiger partial charge in [0, 0.05) is 66.2 Å². The van der Waals surface area contributed by atoms with Gasteiger partial charge in [-0.15, -0.1) is 0 Å². The van der Waals surface area contributed by atoms with E-state index in [4.69, 9.17) is 26.8 Å². The van der Waals surface area contributed by atoms with Gasteiger partial charge >= 0.3 is 0 Å². The molecule has 4 atom stereocenters. The van der Waals surface area contributed by atoms with Crippen LogP contribution in [0.1, 0.15) is 44.1 Å². The normalized spacial score (nSPS) is 23.2. The summed E-state index contributed by atoms with van der Waals surface area (Å²) in [6.45, 7) is 1.78. The summed E-state index contributed by atoms with van der Waals surface area (Å²) in [6.07, 6.45) is 7.36. The van der Waals surface area contributed by atoms with Crippen LogP contribution in [0.15, 0.2) is 54.9 Å². The largest absolute Gasteiger partial charge is 0.385 e. The number of unbranched alkanes of at least 4 members (excludes halogenated alkanes) is 1. The lowest BCUT2D eigenvalue weighted by molar-refractivity contribution is -0.167. The molecule has 0 spiro atoms. The van der Waals surface area contributed by atoms with E-state index in [1.807, 2.05) is 53.6 Å². The molecule has 1 aromatic heterocycles. The molecule has 1 saturated carbocycles. The molecule has 2 aromatic carbocycles. The first-order valence-electron chi connectivity index (χ1n) is 13.9. The Labute approximate surface area is 235 Å². The highest BCUT2D eigenvalue weighted by Crippen LogP contribution is 2.44. The quantitative estimate of drug-likeness (QED) is 0.367. The maximum absolute atomic E-state index is 13.4. The number of hydrogen-bond donors (Lipinski definition) is 2. The van der Waals surface area contributed by atoms with Crippen LogP contribution in [0.3, 0.4) is 0 Å². The second-order valence-corrected chi connectivity index (χ2v) is 11.3. The lowest BCUT2D eigenvalue weighted by atomic mass is 9.78. The highest BCUT2D eigenvalue weighted by Gasteiger charge is 2.45. The van der Waals surface area contributed by atoms with Crippen LogP contribution in [0, 0.1) is 5.92 Å². The molecule has 2 aliphatic rings. The second kappa shape index (κ2) is 12.3. The number of aliphatic hydroxyl groups is 1. The summed E-state index contributed by atoms with van der Waals surface area (Å²) >= 11 is 6.90. The third kappa shape index (κ3) is 5.83. The molecular formula is C31H38ClN3O4. The number of nitrogens with two attached hydrogens (primary N) is 1. The number of pyridine rings is 1. The summed E-state index contributed by atoms with van der Waals surface area (Å²) in [5.41, 5.74) is 7.00. The van der Waals surface area contributed by atoms with Crippen molar-refractivity contribution in [2.45, 2.75) is 56.3 Å². The van der Waals surface area contributed by atoms with Crippen LogP contribution >= 0.6 is 11.6 Å². The van der Waals surface area contributed by atoms with Crippen LogP contribution in [0.25, 0.3) is 21.9 Å². The number of rotatable bonds is 9. The molecule has 0 bridgehead atoms. The van der Waals surface area contributed by atoms with Gasteiger partial charge in [-0.3, -0.25) is 9.78 Å². The molecule has 3 aromatic rings. The zero-order valence-electron chi connectivity index (χ0n) is 22.5. The standard InChI is InChI=1S/C31H38ClN3O4/c1-38-15-5-4-13-31(37,28-20-35(14-16-39-28)30(36)21-11-12-23(33)17-21)26-9-6-10-27(32)29(26)25-19-34-18-22-7-2-3-8-24(22)25/h2-3,6-10,18-19,21,23,28,37H,4-5,11-17,20,33H2,1H3/t21-,23+,28?,31-/m1/s1. The van der Waals surface area contributed by atoms with E-state index in [1.54, 1.807) is 13.3 Å². The number of hydrogen-bond acceptors (Lipinski definition) is 6. The van der Waals surface area contributed by atoms with Gasteiger partial charge in [-0.25, -0.2) is 0 Å². The van der Waals surface area contributed by atoms with E-state index in [0.29, 0.717) is 49.7 Å². The molecule has 1 aliphatic carbocycles. The molecule has 39 heavy (non-hydrogen) atoms. The molecule has 8 heteroatoms. The van der Waals surface area contributed by atoms with Crippen molar-refractivity contribution in [3.63, 3.8) is 0 Å². The van der Waals surface area contributed by atoms with E-state index in [2.05, 4.69) is 4.98 Å². The Morgan fingerprint density at radius 1 is 1.21 bits per heavy atom. The van der Waals surface area contributed by atoms with Gasteiger partial charge in [-0.1, -0.05) is 48.0 Å². The average Bonchev–Trinajstić information content (AvgIpc) is 3.40. The van der Waals surface area contributed by atoms with Gasteiger partial charge in [0.1, 0.15) is 11.7 Å². The molecule has 1 aliphatic heterocycles. The number of nitrogens with zero attached hydrogens (tertiary/aromatic N) is 2. The smallest absolute Gasteiger partial charge is 0.225 e. The Morgan fingerprint density at radius 3 is 2.85 bits per heavy atom. The molecule has 2 heterocycles. The van der Waals surface area contributed by atoms with Gasteiger partial charge in [-0.05, 0) is 55.5 Å². The summed E-state index contributed by atoms with van der Waals surface area (Å²) in [7, 11) is 1.68. The van der Waals surface area contributed by atoms with E-state index in [0.717, 1.165) is 47.6 Å². The van der Waals surface area contributed by atoms with Crippen LogP contribution in [0.5, 0.6) is 0 Å².